The van der Waals surface area contributed by atoms with Crippen LogP contribution in [0.3, 0.4) is 0 Å². The van der Waals surface area contributed by atoms with Crippen molar-refractivity contribution in [3.8, 4) is 0 Å². The quantitative estimate of drug-likeness (QED) is 0.458. The van der Waals surface area contributed by atoms with Crippen molar-refractivity contribution >= 4 is 33.5 Å². The molecule has 3 heterocycles. The van der Waals surface area contributed by atoms with Crippen molar-refractivity contribution in [1.82, 2.24) is 9.97 Å². The van der Waals surface area contributed by atoms with E-state index in [0.29, 0.717) is 5.92 Å². The second-order valence-corrected chi connectivity index (χ2v) is 8.81. The maximum Gasteiger partial charge on any atom is 0.0927 e. The number of nitrogen functional groups attached to an aromatic ring is 1. The van der Waals surface area contributed by atoms with Crippen LogP contribution in [-0.4, -0.2) is 16.5 Å². The number of benzene rings is 2. The molecule has 0 amide bonds. The second-order valence-electron chi connectivity index (χ2n) is 7.93. The van der Waals surface area contributed by atoms with Gasteiger partial charge in [0.25, 0.3) is 0 Å². The molecular weight excluding hydrogens is 376 g/mol. The molecule has 0 spiro atoms. The van der Waals surface area contributed by atoms with Crippen LogP contribution in [0.1, 0.15) is 47.5 Å². The van der Waals surface area contributed by atoms with Crippen LogP contribution in [-0.2, 0) is 6.42 Å². The van der Waals surface area contributed by atoms with Crippen molar-refractivity contribution < 1.29 is 0 Å². The Hall–Kier alpha value is -2.92. The summed E-state index contributed by atoms with van der Waals surface area (Å²) in [6.45, 7) is 5.36. The molecule has 0 bridgehead atoms. The molecule has 2 aromatic heterocycles. The third-order valence-corrected chi connectivity index (χ3v) is 6.79. The maximum atomic E-state index is 6.55. The zero-order valence-corrected chi connectivity index (χ0v) is 17.5. The molecule has 29 heavy (non-hydrogen) atoms. The highest BCUT2D eigenvalue weighted by Gasteiger charge is 2.33. The molecule has 4 aromatic rings. The number of rotatable bonds is 3. The number of nitrogens with zero attached hydrogens (tertiary/aromatic N) is 3. The third-order valence-electron chi connectivity index (χ3n) is 5.86. The van der Waals surface area contributed by atoms with Crippen LogP contribution >= 0.6 is 11.3 Å². The van der Waals surface area contributed by atoms with Crippen LogP contribution in [0.25, 0.3) is 10.8 Å². The predicted octanol–water partition coefficient (Wildman–Crippen LogP) is 5.55. The maximum absolute atomic E-state index is 6.55. The Kier molecular flexibility index (Phi) is 4.47. The van der Waals surface area contributed by atoms with Crippen molar-refractivity contribution in [2.24, 2.45) is 0 Å². The number of pyridine rings is 1. The van der Waals surface area contributed by atoms with Gasteiger partial charge in [-0.2, -0.15) is 0 Å². The zero-order valence-electron chi connectivity index (χ0n) is 16.7. The Balaban J connectivity index is 1.73. The summed E-state index contributed by atoms with van der Waals surface area (Å²) in [6.07, 6.45) is 4.75. The lowest BCUT2D eigenvalue weighted by Crippen LogP contribution is -2.36. The van der Waals surface area contributed by atoms with Gasteiger partial charge in [0.2, 0.25) is 0 Å². The molecular formula is C24H24N4S. The Morgan fingerprint density at radius 1 is 1.17 bits per heavy atom. The molecule has 1 aliphatic heterocycles. The molecule has 1 unspecified atom stereocenters. The van der Waals surface area contributed by atoms with Crippen LogP contribution in [0, 0.1) is 0 Å². The number of anilines is 2. The van der Waals surface area contributed by atoms with Gasteiger partial charge in [0, 0.05) is 53.1 Å². The zero-order chi connectivity index (χ0) is 20.0. The summed E-state index contributed by atoms with van der Waals surface area (Å²) in [5.74, 6) is 0.455. The lowest BCUT2D eigenvalue weighted by atomic mass is 9.91. The Bertz CT molecular complexity index is 1180. The third kappa shape index (κ3) is 3.06. The molecule has 0 radical (unpaired) electrons. The van der Waals surface area contributed by atoms with E-state index in [-0.39, 0.29) is 6.04 Å². The average Bonchev–Trinajstić information content (AvgIpc) is 3.22. The average molecular weight is 401 g/mol. The fourth-order valence-electron chi connectivity index (χ4n) is 4.30. The van der Waals surface area contributed by atoms with Gasteiger partial charge >= 0.3 is 0 Å². The van der Waals surface area contributed by atoms with Crippen LogP contribution in [0.5, 0.6) is 0 Å². The lowest BCUT2D eigenvalue weighted by Gasteiger charge is -2.38. The predicted molar refractivity (Wildman–Crippen MR) is 122 cm³/mol. The fourth-order valence-corrected chi connectivity index (χ4v) is 5.27. The number of aromatic nitrogens is 2. The minimum atomic E-state index is 0.0729. The molecule has 2 N–H and O–H groups in total. The highest BCUT2D eigenvalue weighted by molar-refractivity contribution is 7.09. The molecule has 0 saturated heterocycles. The molecule has 0 fully saturated rings. The highest BCUT2D eigenvalue weighted by atomic mass is 32.1. The van der Waals surface area contributed by atoms with Crippen molar-refractivity contribution in [1.29, 1.82) is 0 Å². The van der Waals surface area contributed by atoms with Gasteiger partial charge in [0.15, 0.2) is 0 Å². The summed E-state index contributed by atoms with van der Waals surface area (Å²) in [7, 11) is 0. The Morgan fingerprint density at radius 2 is 2.07 bits per heavy atom. The van der Waals surface area contributed by atoms with Gasteiger partial charge in [-0.1, -0.05) is 38.1 Å². The van der Waals surface area contributed by atoms with Gasteiger partial charge < -0.3 is 10.6 Å². The van der Waals surface area contributed by atoms with E-state index in [9.17, 15) is 0 Å². The van der Waals surface area contributed by atoms with Crippen LogP contribution < -0.4 is 10.6 Å². The van der Waals surface area contributed by atoms with Crippen molar-refractivity contribution in [2.45, 2.75) is 32.2 Å². The fraction of sp³-hybridized carbons (Fsp3) is 0.250. The largest absolute Gasteiger partial charge is 0.398 e. The SMILES string of the molecule is CC(C)c1ccc(N)c(C2c3scnc3CCN2c2cccc3cnccc23)c1. The monoisotopic (exact) mass is 400 g/mol. The van der Waals surface area contributed by atoms with E-state index < -0.39 is 0 Å². The standard InChI is InChI=1S/C24H24N4S/c1-15(2)16-6-7-20(25)19(12-16)23-24-21(27-14-29-24)9-11-28(23)22-5-3-4-17-13-26-10-8-18(17)22/h3-8,10,12-15,23H,9,11,25H2,1-2H3. The normalized spacial score (nSPS) is 16.4. The van der Waals surface area contributed by atoms with Gasteiger partial charge in [-0.05, 0) is 29.7 Å². The second kappa shape index (κ2) is 7.16. The first kappa shape index (κ1) is 18.1. The summed E-state index contributed by atoms with van der Waals surface area (Å²) < 4.78 is 0. The molecule has 146 valence electrons. The van der Waals surface area contributed by atoms with Gasteiger partial charge in [0.05, 0.1) is 22.1 Å². The van der Waals surface area contributed by atoms with E-state index >= 15 is 0 Å². The summed E-state index contributed by atoms with van der Waals surface area (Å²) in [5.41, 5.74) is 14.3. The van der Waals surface area contributed by atoms with Gasteiger partial charge in [-0.25, -0.2) is 4.98 Å². The van der Waals surface area contributed by atoms with Crippen LogP contribution in [0.2, 0.25) is 0 Å². The van der Waals surface area contributed by atoms with Crippen molar-refractivity contribution in [3.63, 3.8) is 0 Å². The number of fused-ring (bicyclic) bond motifs is 2. The van der Waals surface area contributed by atoms with E-state index in [1.807, 2.05) is 17.9 Å². The minimum absolute atomic E-state index is 0.0729. The van der Waals surface area contributed by atoms with Crippen LogP contribution in [0.15, 0.2) is 60.4 Å². The topological polar surface area (TPSA) is 55.0 Å². The van der Waals surface area contributed by atoms with Gasteiger partial charge in [-0.3, -0.25) is 4.98 Å². The van der Waals surface area contributed by atoms with Crippen LogP contribution in [0.4, 0.5) is 11.4 Å². The minimum Gasteiger partial charge on any atom is -0.398 e. The first-order valence-corrected chi connectivity index (χ1v) is 10.9. The number of nitrogens with two attached hydrogens (primary N) is 1. The lowest BCUT2D eigenvalue weighted by molar-refractivity contribution is 0.657. The smallest absolute Gasteiger partial charge is 0.0927 e. The van der Waals surface area contributed by atoms with E-state index in [1.54, 1.807) is 11.3 Å². The molecule has 1 aliphatic rings. The first-order valence-electron chi connectivity index (χ1n) is 10.0. The van der Waals surface area contributed by atoms with Crippen molar-refractivity contribution in [3.05, 3.63) is 82.1 Å². The van der Waals surface area contributed by atoms with E-state index in [4.69, 9.17) is 5.73 Å². The molecule has 5 rings (SSSR count). The molecule has 0 saturated carbocycles. The number of hydrogen-bond acceptors (Lipinski definition) is 5. The molecule has 2 aromatic carbocycles. The van der Waals surface area contributed by atoms with Gasteiger partial charge in [-0.15, -0.1) is 11.3 Å². The Morgan fingerprint density at radius 3 is 2.93 bits per heavy atom. The Labute approximate surface area is 175 Å². The number of hydrogen-bond donors (Lipinski definition) is 1. The summed E-state index contributed by atoms with van der Waals surface area (Å²) in [5, 5.41) is 2.38. The van der Waals surface area contributed by atoms with Crippen molar-refractivity contribution in [2.75, 3.05) is 17.2 Å². The molecule has 0 aliphatic carbocycles. The van der Waals surface area contributed by atoms with E-state index in [1.165, 1.54) is 32.8 Å². The van der Waals surface area contributed by atoms with Gasteiger partial charge in [0.1, 0.15) is 0 Å². The highest BCUT2D eigenvalue weighted by Crippen LogP contribution is 2.44. The van der Waals surface area contributed by atoms with E-state index in [2.05, 4.69) is 71.2 Å². The summed E-state index contributed by atoms with van der Waals surface area (Å²) in [6, 6.07) is 15.1. The molecule has 4 nitrogen and oxygen atoms in total. The summed E-state index contributed by atoms with van der Waals surface area (Å²) in [4.78, 5) is 12.8. The summed E-state index contributed by atoms with van der Waals surface area (Å²) >= 11 is 1.73. The molecule has 5 heteroatoms. The van der Waals surface area contributed by atoms with E-state index in [0.717, 1.165) is 24.0 Å². The number of thiazole rings is 1. The first-order chi connectivity index (χ1) is 14.1. The molecule has 1 atom stereocenters.